The quantitative estimate of drug-likeness (QED) is 0.380. The molecule has 0 fully saturated rings. The highest BCUT2D eigenvalue weighted by atomic mass is 16.5. The zero-order chi connectivity index (χ0) is 13.8. The van der Waals surface area contributed by atoms with Crippen molar-refractivity contribution in [2.45, 2.75) is 46.1 Å². The van der Waals surface area contributed by atoms with E-state index in [0.29, 0.717) is 19.4 Å². The van der Waals surface area contributed by atoms with Crippen molar-refractivity contribution in [3.63, 3.8) is 0 Å². The second kappa shape index (κ2) is 10.6. The van der Waals surface area contributed by atoms with Gasteiger partial charge in [0.05, 0.1) is 12.7 Å². The van der Waals surface area contributed by atoms with Gasteiger partial charge in [0.25, 0.3) is 0 Å². The number of ether oxygens (including phenoxy) is 2. The summed E-state index contributed by atoms with van der Waals surface area (Å²) in [6.45, 7) is 5.88. The Morgan fingerprint density at radius 2 is 1.94 bits per heavy atom. The van der Waals surface area contributed by atoms with Crippen LogP contribution in [-0.4, -0.2) is 24.6 Å². The molecule has 0 aliphatic heterocycles. The van der Waals surface area contributed by atoms with Gasteiger partial charge in [0.1, 0.15) is 0 Å². The molecule has 1 unspecified atom stereocenters. The summed E-state index contributed by atoms with van der Waals surface area (Å²) in [5.41, 5.74) is 0. The van der Waals surface area contributed by atoms with E-state index in [0.717, 1.165) is 6.42 Å². The predicted molar refractivity (Wildman–Crippen MR) is 70.0 cm³/mol. The van der Waals surface area contributed by atoms with Crippen molar-refractivity contribution in [1.29, 1.82) is 0 Å². The van der Waals surface area contributed by atoms with E-state index in [-0.39, 0.29) is 18.0 Å². The third-order valence-corrected chi connectivity index (χ3v) is 2.11. The van der Waals surface area contributed by atoms with Crippen LogP contribution in [-0.2, 0) is 19.1 Å². The first-order chi connectivity index (χ1) is 8.60. The van der Waals surface area contributed by atoms with E-state index in [2.05, 4.69) is 0 Å². The molecule has 4 nitrogen and oxygen atoms in total. The normalized spacial score (nSPS) is 12.8. The maximum atomic E-state index is 11.2. The fraction of sp³-hybridized carbons (Fsp3) is 0.571. The average Bonchev–Trinajstić information content (AvgIpc) is 2.32. The number of hydrogen-bond donors (Lipinski definition) is 0. The molecule has 0 heterocycles. The van der Waals surface area contributed by atoms with Crippen molar-refractivity contribution < 1.29 is 19.1 Å². The van der Waals surface area contributed by atoms with Gasteiger partial charge in [-0.3, -0.25) is 0 Å². The van der Waals surface area contributed by atoms with Crippen molar-refractivity contribution in [3.05, 3.63) is 24.3 Å². The molecule has 0 rings (SSSR count). The number of esters is 2. The van der Waals surface area contributed by atoms with Crippen molar-refractivity contribution in [3.8, 4) is 0 Å². The largest absolute Gasteiger partial charge is 0.463 e. The Kier molecular flexibility index (Phi) is 9.64. The summed E-state index contributed by atoms with van der Waals surface area (Å²) in [6, 6.07) is 0. The van der Waals surface area contributed by atoms with Crippen LogP contribution >= 0.6 is 0 Å². The molecule has 0 bridgehead atoms. The van der Waals surface area contributed by atoms with Crippen LogP contribution in [0.2, 0.25) is 0 Å². The van der Waals surface area contributed by atoms with Crippen molar-refractivity contribution in [2.24, 2.45) is 0 Å². The molecule has 0 aliphatic carbocycles. The monoisotopic (exact) mass is 254 g/mol. The Bertz CT molecular complexity index is 305. The number of hydrogen-bond acceptors (Lipinski definition) is 4. The lowest BCUT2D eigenvalue weighted by Gasteiger charge is -2.11. The van der Waals surface area contributed by atoms with E-state index >= 15 is 0 Å². The third kappa shape index (κ3) is 9.63. The van der Waals surface area contributed by atoms with Gasteiger partial charge in [-0.1, -0.05) is 19.1 Å². The molecule has 4 heteroatoms. The Hall–Kier alpha value is -1.58. The molecule has 0 spiro atoms. The predicted octanol–water partition coefficient (Wildman–Crippen LogP) is 2.78. The van der Waals surface area contributed by atoms with E-state index in [1.165, 1.54) is 12.2 Å². The molecular weight excluding hydrogens is 232 g/mol. The van der Waals surface area contributed by atoms with E-state index < -0.39 is 0 Å². The molecule has 1 atom stereocenters. The highest BCUT2D eigenvalue weighted by Gasteiger charge is 2.06. The summed E-state index contributed by atoms with van der Waals surface area (Å²) < 4.78 is 10.0. The lowest BCUT2D eigenvalue weighted by atomic mass is 10.2. The molecule has 0 N–H and O–H groups in total. The number of carbonyl (C=O) groups is 2. The summed E-state index contributed by atoms with van der Waals surface area (Å²) in [6.07, 6.45) is 8.19. The van der Waals surface area contributed by atoms with E-state index in [4.69, 9.17) is 9.47 Å². The fourth-order valence-corrected chi connectivity index (χ4v) is 1.24. The molecule has 102 valence electrons. The van der Waals surface area contributed by atoms with Crippen molar-refractivity contribution in [1.82, 2.24) is 0 Å². The molecule has 0 aromatic rings. The van der Waals surface area contributed by atoms with Crippen LogP contribution in [0.25, 0.3) is 0 Å². The zero-order valence-corrected chi connectivity index (χ0v) is 11.3. The van der Waals surface area contributed by atoms with Gasteiger partial charge in [-0.15, -0.1) is 0 Å². The van der Waals surface area contributed by atoms with Crippen LogP contribution in [0.4, 0.5) is 0 Å². The van der Waals surface area contributed by atoms with Crippen molar-refractivity contribution in [2.75, 3.05) is 6.61 Å². The van der Waals surface area contributed by atoms with Crippen LogP contribution in [0.15, 0.2) is 24.3 Å². The topological polar surface area (TPSA) is 52.6 Å². The van der Waals surface area contributed by atoms with Gasteiger partial charge >= 0.3 is 11.9 Å². The molecule has 18 heavy (non-hydrogen) atoms. The summed E-state index contributed by atoms with van der Waals surface area (Å²) in [7, 11) is 0. The smallest absolute Gasteiger partial charge is 0.330 e. The molecule has 0 saturated carbocycles. The number of allylic oxidation sites excluding steroid dienone is 2. The Morgan fingerprint density at radius 3 is 2.56 bits per heavy atom. The van der Waals surface area contributed by atoms with Gasteiger partial charge < -0.3 is 9.47 Å². The molecule has 0 radical (unpaired) electrons. The molecule has 0 saturated heterocycles. The van der Waals surface area contributed by atoms with Gasteiger partial charge in [0, 0.05) is 12.2 Å². The van der Waals surface area contributed by atoms with E-state index in [1.54, 1.807) is 19.1 Å². The minimum Gasteiger partial charge on any atom is -0.463 e. The molecule has 0 aliphatic rings. The van der Waals surface area contributed by atoms with Gasteiger partial charge in [0.15, 0.2) is 0 Å². The number of rotatable bonds is 8. The SMILES string of the molecule is CC=CC(=O)OCCCC(C)OC(=O)C=CCC. The van der Waals surface area contributed by atoms with Gasteiger partial charge in [-0.25, -0.2) is 9.59 Å². The minimum absolute atomic E-state index is 0.167. The summed E-state index contributed by atoms with van der Waals surface area (Å²) >= 11 is 0. The molecule has 0 amide bonds. The van der Waals surface area contributed by atoms with E-state index in [9.17, 15) is 9.59 Å². The molecule has 0 aromatic carbocycles. The molecule has 0 aromatic heterocycles. The summed E-state index contributed by atoms with van der Waals surface area (Å²) in [5, 5.41) is 0. The standard InChI is InChI=1S/C14H22O4/c1-4-6-10-14(16)18-12(3)9-7-11-17-13(15)8-5-2/h5-6,8,10,12H,4,7,9,11H2,1-3H3. The van der Waals surface area contributed by atoms with Crippen LogP contribution in [0.5, 0.6) is 0 Å². The maximum Gasteiger partial charge on any atom is 0.330 e. The van der Waals surface area contributed by atoms with Crippen LogP contribution in [0.1, 0.15) is 40.0 Å². The Balaban J connectivity index is 3.65. The highest BCUT2D eigenvalue weighted by molar-refractivity contribution is 5.82. The minimum atomic E-state index is -0.340. The van der Waals surface area contributed by atoms with Gasteiger partial charge in [-0.2, -0.15) is 0 Å². The third-order valence-electron chi connectivity index (χ3n) is 2.11. The summed E-state index contributed by atoms with van der Waals surface area (Å²) in [4.78, 5) is 22.2. The van der Waals surface area contributed by atoms with Crippen LogP contribution in [0.3, 0.4) is 0 Å². The first-order valence-corrected chi connectivity index (χ1v) is 6.26. The first-order valence-electron chi connectivity index (χ1n) is 6.26. The lowest BCUT2D eigenvalue weighted by Crippen LogP contribution is -2.14. The second-order valence-electron chi connectivity index (χ2n) is 3.87. The highest BCUT2D eigenvalue weighted by Crippen LogP contribution is 2.03. The summed E-state index contributed by atoms with van der Waals surface area (Å²) in [5.74, 6) is -0.664. The van der Waals surface area contributed by atoms with Crippen LogP contribution in [0, 0.1) is 0 Å². The van der Waals surface area contributed by atoms with Crippen molar-refractivity contribution >= 4 is 11.9 Å². The fourth-order valence-electron chi connectivity index (χ4n) is 1.24. The first kappa shape index (κ1) is 16.4. The number of carbonyl (C=O) groups excluding carboxylic acids is 2. The van der Waals surface area contributed by atoms with Crippen LogP contribution < -0.4 is 0 Å². The Labute approximate surface area is 109 Å². The Morgan fingerprint density at radius 1 is 1.22 bits per heavy atom. The zero-order valence-electron chi connectivity index (χ0n) is 11.3. The lowest BCUT2D eigenvalue weighted by molar-refractivity contribution is -0.143. The average molecular weight is 254 g/mol. The van der Waals surface area contributed by atoms with Gasteiger partial charge in [-0.05, 0) is 33.1 Å². The van der Waals surface area contributed by atoms with E-state index in [1.807, 2.05) is 13.8 Å². The maximum absolute atomic E-state index is 11.2. The van der Waals surface area contributed by atoms with Gasteiger partial charge in [0.2, 0.25) is 0 Å². The second-order valence-corrected chi connectivity index (χ2v) is 3.87. The molecular formula is C14H22O4.